The van der Waals surface area contributed by atoms with Crippen LogP contribution in [0.2, 0.25) is 0 Å². The lowest BCUT2D eigenvalue weighted by Crippen LogP contribution is -2.53. The summed E-state index contributed by atoms with van der Waals surface area (Å²) in [6.07, 6.45) is 3.43. The van der Waals surface area contributed by atoms with E-state index in [1.165, 1.54) is 6.42 Å². The van der Waals surface area contributed by atoms with Crippen LogP contribution in [0, 0.1) is 0 Å². The van der Waals surface area contributed by atoms with Gasteiger partial charge in [0.2, 0.25) is 5.91 Å². The van der Waals surface area contributed by atoms with Gasteiger partial charge in [-0.3, -0.25) is 14.5 Å². The highest BCUT2D eigenvalue weighted by Crippen LogP contribution is 2.18. The van der Waals surface area contributed by atoms with Crippen molar-refractivity contribution >= 4 is 27.7 Å². The molecule has 0 aliphatic carbocycles. The standard InChI is InChI=1S/C17H24BrN3O3/c1-13-4-2-3-7-21(13)16(22)12-19-8-10-20(11-9-19)17(23)14-5-6-15(18)24-14/h5-6,13H,2-4,7-12H2,1H3. The molecular formula is C17H24BrN3O3. The number of hydrogen-bond donors (Lipinski definition) is 0. The summed E-state index contributed by atoms with van der Waals surface area (Å²) in [5, 5.41) is 0. The van der Waals surface area contributed by atoms with Crippen LogP contribution in [0.25, 0.3) is 0 Å². The van der Waals surface area contributed by atoms with Gasteiger partial charge in [0.1, 0.15) is 0 Å². The molecule has 1 unspecified atom stereocenters. The van der Waals surface area contributed by atoms with E-state index in [1.807, 2.05) is 4.90 Å². The molecule has 1 atom stereocenters. The Labute approximate surface area is 150 Å². The Bertz CT molecular complexity index is 596. The van der Waals surface area contributed by atoms with Crippen molar-refractivity contribution in [2.45, 2.75) is 32.2 Å². The van der Waals surface area contributed by atoms with Gasteiger partial charge in [0.15, 0.2) is 10.4 Å². The Hall–Kier alpha value is -1.34. The molecule has 2 fully saturated rings. The molecule has 1 aromatic rings. The first-order chi connectivity index (χ1) is 11.5. The molecule has 0 spiro atoms. The summed E-state index contributed by atoms with van der Waals surface area (Å²) >= 11 is 3.22. The molecule has 7 heteroatoms. The SMILES string of the molecule is CC1CCCCN1C(=O)CN1CCN(C(=O)c2ccc(Br)o2)CC1. The average molecular weight is 398 g/mol. The third kappa shape index (κ3) is 4.00. The van der Waals surface area contributed by atoms with Gasteiger partial charge in [-0.05, 0) is 54.2 Å². The maximum atomic E-state index is 12.5. The molecule has 2 saturated heterocycles. The zero-order valence-corrected chi connectivity index (χ0v) is 15.6. The molecule has 0 bridgehead atoms. The molecule has 3 rings (SSSR count). The van der Waals surface area contributed by atoms with E-state index in [1.54, 1.807) is 17.0 Å². The van der Waals surface area contributed by atoms with Crippen LogP contribution in [0.3, 0.4) is 0 Å². The quantitative estimate of drug-likeness (QED) is 0.784. The number of carbonyl (C=O) groups is 2. The lowest BCUT2D eigenvalue weighted by atomic mass is 10.0. The molecule has 0 N–H and O–H groups in total. The van der Waals surface area contributed by atoms with E-state index in [0.29, 0.717) is 36.1 Å². The average Bonchev–Trinajstić information content (AvgIpc) is 3.02. The maximum absolute atomic E-state index is 12.5. The Morgan fingerprint density at radius 3 is 2.54 bits per heavy atom. The minimum Gasteiger partial charge on any atom is -0.444 e. The van der Waals surface area contributed by atoms with Gasteiger partial charge in [-0.25, -0.2) is 0 Å². The number of amides is 2. The molecule has 2 amide bonds. The number of piperazine rings is 1. The van der Waals surface area contributed by atoms with Gasteiger partial charge in [-0.15, -0.1) is 0 Å². The molecule has 132 valence electrons. The number of furan rings is 1. The van der Waals surface area contributed by atoms with E-state index >= 15 is 0 Å². The van der Waals surface area contributed by atoms with E-state index in [-0.39, 0.29) is 11.8 Å². The van der Waals surface area contributed by atoms with Crippen molar-refractivity contribution in [3.63, 3.8) is 0 Å². The Kier molecular flexibility index (Phi) is 5.61. The second-order valence-electron chi connectivity index (χ2n) is 6.60. The van der Waals surface area contributed by atoms with Crippen molar-refractivity contribution in [3.8, 4) is 0 Å². The van der Waals surface area contributed by atoms with Crippen LogP contribution in [0.1, 0.15) is 36.7 Å². The van der Waals surface area contributed by atoms with Gasteiger partial charge in [0.05, 0.1) is 6.54 Å². The first-order valence-corrected chi connectivity index (χ1v) is 9.40. The topological polar surface area (TPSA) is 57.0 Å². The van der Waals surface area contributed by atoms with Crippen LogP contribution in [0.15, 0.2) is 21.2 Å². The fourth-order valence-corrected chi connectivity index (χ4v) is 3.75. The van der Waals surface area contributed by atoms with Crippen molar-refractivity contribution in [1.29, 1.82) is 0 Å². The number of hydrogen-bond acceptors (Lipinski definition) is 4. The molecule has 3 heterocycles. The minimum atomic E-state index is -0.0867. The van der Waals surface area contributed by atoms with Gasteiger partial charge in [-0.1, -0.05) is 0 Å². The first-order valence-electron chi connectivity index (χ1n) is 8.61. The summed E-state index contributed by atoms with van der Waals surface area (Å²) in [5.41, 5.74) is 0. The molecule has 1 aromatic heterocycles. The number of carbonyl (C=O) groups excluding carboxylic acids is 2. The molecule has 0 radical (unpaired) electrons. The molecular weight excluding hydrogens is 374 g/mol. The minimum absolute atomic E-state index is 0.0867. The van der Waals surface area contributed by atoms with Crippen LogP contribution >= 0.6 is 15.9 Å². The number of piperidine rings is 1. The summed E-state index contributed by atoms with van der Waals surface area (Å²) in [5.74, 6) is 0.488. The van der Waals surface area contributed by atoms with Gasteiger partial charge in [-0.2, -0.15) is 0 Å². The summed E-state index contributed by atoms with van der Waals surface area (Å²) in [4.78, 5) is 30.8. The highest BCUT2D eigenvalue weighted by Gasteiger charge is 2.28. The predicted octanol–water partition coefficient (Wildman–Crippen LogP) is 2.20. The molecule has 6 nitrogen and oxygen atoms in total. The molecule has 2 aliphatic rings. The van der Waals surface area contributed by atoms with Crippen LogP contribution < -0.4 is 0 Å². The third-order valence-corrected chi connectivity index (χ3v) is 5.35. The zero-order chi connectivity index (χ0) is 17.1. The molecule has 24 heavy (non-hydrogen) atoms. The second kappa shape index (κ2) is 7.70. The van der Waals surface area contributed by atoms with Gasteiger partial charge in [0.25, 0.3) is 5.91 Å². The fraction of sp³-hybridized carbons (Fsp3) is 0.647. The van der Waals surface area contributed by atoms with Crippen molar-refractivity contribution < 1.29 is 14.0 Å². The lowest BCUT2D eigenvalue weighted by molar-refractivity contribution is -0.136. The largest absolute Gasteiger partial charge is 0.444 e. The van der Waals surface area contributed by atoms with E-state index in [2.05, 4.69) is 27.8 Å². The van der Waals surface area contributed by atoms with E-state index in [0.717, 1.165) is 32.5 Å². The number of nitrogens with zero attached hydrogens (tertiary/aromatic N) is 3. The lowest BCUT2D eigenvalue weighted by Gasteiger charge is -2.37. The van der Waals surface area contributed by atoms with Gasteiger partial charge >= 0.3 is 0 Å². The van der Waals surface area contributed by atoms with Crippen molar-refractivity contribution in [2.75, 3.05) is 39.3 Å². The zero-order valence-electron chi connectivity index (χ0n) is 14.0. The molecule has 0 aromatic carbocycles. The van der Waals surface area contributed by atoms with Crippen LogP contribution in [-0.4, -0.2) is 71.8 Å². The van der Waals surface area contributed by atoms with Crippen molar-refractivity contribution in [2.24, 2.45) is 0 Å². The Morgan fingerprint density at radius 2 is 1.92 bits per heavy atom. The summed E-state index contributed by atoms with van der Waals surface area (Å²) < 4.78 is 5.89. The predicted molar refractivity (Wildman–Crippen MR) is 93.8 cm³/mol. The van der Waals surface area contributed by atoms with E-state index in [4.69, 9.17) is 4.42 Å². The van der Waals surface area contributed by atoms with Crippen LogP contribution in [0.5, 0.6) is 0 Å². The smallest absolute Gasteiger partial charge is 0.289 e. The highest BCUT2D eigenvalue weighted by molar-refractivity contribution is 9.10. The van der Waals surface area contributed by atoms with E-state index < -0.39 is 0 Å². The fourth-order valence-electron chi connectivity index (χ4n) is 3.44. The molecule has 2 aliphatic heterocycles. The normalized spacial score (nSPS) is 22.7. The molecule has 0 saturated carbocycles. The number of rotatable bonds is 3. The Morgan fingerprint density at radius 1 is 1.17 bits per heavy atom. The summed E-state index contributed by atoms with van der Waals surface area (Å²) in [7, 11) is 0. The highest BCUT2D eigenvalue weighted by atomic mass is 79.9. The number of likely N-dealkylation sites (tertiary alicyclic amines) is 1. The number of halogens is 1. The second-order valence-corrected chi connectivity index (χ2v) is 7.39. The first kappa shape index (κ1) is 17.5. The van der Waals surface area contributed by atoms with E-state index in [9.17, 15) is 9.59 Å². The Balaban J connectivity index is 1.48. The van der Waals surface area contributed by atoms with Crippen LogP contribution in [-0.2, 0) is 4.79 Å². The van der Waals surface area contributed by atoms with Gasteiger partial charge in [0, 0.05) is 38.8 Å². The summed E-state index contributed by atoms with van der Waals surface area (Å²) in [6, 6.07) is 3.76. The summed E-state index contributed by atoms with van der Waals surface area (Å²) in [6.45, 7) is 6.17. The monoisotopic (exact) mass is 397 g/mol. The van der Waals surface area contributed by atoms with Crippen molar-refractivity contribution in [3.05, 3.63) is 22.6 Å². The van der Waals surface area contributed by atoms with Crippen molar-refractivity contribution in [1.82, 2.24) is 14.7 Å². The maximum Gasteiger partial charge on any atom is 0.289 e. The van der Waals surface area contributed by atoms with Gasteiger partial charge < -0.3 is 14.2 Å². The van der Waals surface area contributed by atoms with Crippen LogP contribution in [0.4, 0.5) is 0 Å². The third-order valence-electron chi connectivity index (χ3n) is 4.93.